The number of Topliss-reactive ketones (excluding diaryl/α,β-unsaturated/α-hetero) is 1. The molecule has 2 aromatic rings. The molecule has 0 aliphatic rings. The molecule has 0 radical (unpaired) electrons. The monoisotopic (exact) mass is 312 g/mol. The lowest BCUT2D eigenvalue weighted by molar-refractivity contribution is 0.0986. The average Bonchev–Trinajstić information content (AvgIpc) is 2.92. The first-order valence-corrected chi connectivity index (χ1v) is 8.57. The maximum absolute atomic E-state index is 13.0. The van der Waals surface area contributed by atoms with Crippen LogP contribution in [0, 0.1) is 5.82 Å². The van der Waals surface area contributed by atoms with Gasteiger partial charge in [0.2, 0.25) is 0 Å². The molecule has 6 heteroatoms. The van der Waals surface area contributed by atoms with E-state index in [0.717, 1.165) is 6.07 Å². The molecule has 1 aromatic heterocycles. The molecule has 0 unspecified atom stereocenters. The van der Waals surface area contributed by atoms with E-state index in [2.05, 4.69) is 0 Å². The van der Waals surface area contributed by atoms with Gasteiger partial charge in [0.25, 0.3) is 0 Å². The SMILES string of the molecule is O=C(CCCS(=O)(=O)c1cccc(F)c1)c1cccs1. The Morgan fingerprint density at radius 3 is 2.65 bits per heavy atom. The number of sulfone groups is 1. The van der Waals surface area contributed by atoms with Crippen molar-refractivity contribution in [1.82, 2.24) is 0 Å². The lowest BCUT2D eigenvalue weighted by atomic mass is 10.2. The number of hydrogen-bond acceptors (Lipinski definition) is 4. The Morgan fingerprint density at radius 2 is 2.00 bits per heavy atom. The standard InChI is InChI=1S/C14H13FO3S2/c15-11-4-1-5-12(10-11)20(17,18)9-3-6-13(16)14-7-2-8-19-14/h1-2,4-5,7-8,10H,3,6,9H2. The van der Waals surface area contributed by atoms with Gasteiger partial charge in [-0.25, -0.2) is 12.8 Å². The van der Waals surface area contributed by atoms with Crippen molar-refractivity contribution in [1.29, 1.82) is 0 Å². The van der Waals surface area contributed by atoms with Gasteiger partial charge in [0.15, 0.2) is 15.6 Å². The Morgan fingerprint density at radius 1 is 1.20 bits per heavy atom. The third kappa shape index (κ3) is 3.74. The molecule has 0 saturated carbocycles. The van der Waals surface area contributed by atoms with E-state index in [0.29, 0.717) is 4.88 Å². The Bertz CT molecular complexity index is 691. The summed E-state index contributed by atoms with van der Waals surface area (Å²) in [5.74, 6) is -0.803. The van der Waals surface area contributed by atoms with Crippen molar-refractivity contribution >= 4 is 27.0 Å². The molecular formula is C14H13FO3S2. The van der Waals surface area contributed by atoms with Gasteiger partial charge < -0.3 is 0 Å². The predicted octanol–water partition coefficient (Wildman–Crippen LogP) is 3.32. The van der Waals surface area contributed by atoms with Gasteiger partial charge in [-0.05, 0) is 36.1 Å². The molecule has 1 aromatic carbocycles. The lowest BCUT2D eigenvalue weighted by Crippen LogP contribution is -2.09. The number of carbonyl (C=O) groups is 1. The van der Waals surface area contributed by atoms with Gasteiger partial charge in [0.05, 0.1) is 15.5 Å². The molecule has 0 fully saturated rings. The normalized spacial score (nSPS) is 11.4. The molecule has 106 valence electrons. The summed E-state index contributed by atoms with van der Waals surface area (Å²) < 4.78 is 37.0. The summed E-state index contributed by atoms with van der Waals surface area (Å²) in [5, 5.41) is 1.80. The molecule has 0 bridgehead atoms. The first-order chi connectivity index (χ1) is 9.49. The number of hydrogen-bond donors (Lipinski definition) is 0. The van der Waals surface area contributed by atoms with Crippen molar-refractivity contribution in [2.24, 2.45) is 0 Å². The van der Waals surface area contributed by atoms with Crippen LogP contribution in [0.2, 0.25) is 0 Å². The molecule has 2 rings (SSSR count). The van der Waals surface area contributed by atoms with Crippen LogP contribution in [0.1, 0.15) is 22.5 Å². The van der Waals surface area contributed by atoms with E-state index >= 15 is 0 Å². The van der Waals surface area contributed by atoms with E-state index in [1.54, 1.807) is 17.5 Å². The van der Waals surface area contributed by atoms with Crippen LogP contribution in [0.5, 0.6) is 0 Å². The van der Waals surface area contributed by atoms with E-state index in [4.69, 9.17) is 0 Å². The maximum Gasteiger partial charge on any atom is 0.178 e. The van der Waals surface area contributed by atoms with Crippen LogP contribution in [-0.4, -0.2) is 20.0 Å². The van der Waals surface area contributed by atoms with E-state index in [9.17, 15) is 17.6 Å². The highest BCUT2D eigenvalue weighted by Gasteiger charge is 2.16. The minimum Gasteiger partial charge on any atom is -0.293 e. The third-order valence-electron chi connectivity index (χ3n) is 2.77. The second kappa shape index (κ2) is 6.28. The highest BCUT2D eigenvalue weighted by molar-refractivity contribution is 7.91. The van der Waals surface area contributed by atoms with Crippen LogP contribution in [0.15, 0.2) is 46.7 Å². The zero-order valence-electron chi connectivity index (χ0n) is 10.6. The van der Waals surface area contributed by atoms with Crippen molar-refractivity contribution in [2.75, 3.05) is 5.75 Å². The molecule has 0 amide bonds. The summed E-state index contributed by atoms with van der Waals surface area (Å²) in [4.78, 5) is 12.3. The number of ketones is 1. The molecule has 0 N–H and O–H groups in total. The molecule has 1 heterocycles. The van der Waals surface area contributed by atoms with E-state index in [1.807, 2.05) is 0 Å². The fraction of sp³-hybridized carbons (Fsp3) is 0.214. The molecule has 0 aliphatic heterocycles. The highest BCUT2D eigenvalue weighted by Crippen LogP contribution is 2.16. The Balaban J connectivity index is 1.95. The molecule has 0 atom stereocenters. The van der Waals surface area contributed by atoms with Crippen molar-refractivity contribution in [2.45, 2.75) is 17.7 Å². The minimum atomic E-state index is -3.54. The van der Waals surface area contributed by atoms with Crippen molar-refractivity contribution in [3.63, 3.8) is 0 Å². The Kier molecular flexibility index (Phi) is 4.67. The summed E-state index contributed by atoms with van der Waals surface area (Å²) >= 11 is 1.34. The summed E-state index contributed by atoms with van der Waals surface area (Å²) in [6.07, 6.45) is 0.407. The van der Waals surface area contributed by atoms with Crippen molar-refractivity contribution in [3.8, 4) is 0 Å². The van der Waals surface area contributed by atoms with Crippen molar-refractivity contribution in [3.05, 3.63) is 52.5 Å². The first-order valence-electron chi connectivity index (χ1n) is 6.04. The van der Waals surface area contributed by atoms with Crippen LogP contribution in [0.3, 0.4) is 0 Å². The van der Waals surface area contributed by atoms with Gasteiger partial charge in [-0.15, -0.1) is 11.3 Å². The highest BCUT2D eigenvalue weighted by atomic mass is 32.2. The Hall–Kier alpha value is -1.53. The van der Waals surface area contributed by atoms with Gasteiger partial charge in [0, 0.05) is 6.42 Å². The summed E-state index contributed by atoms with van der Waals surface area (Å²) in [5.41, 5.74) is 0. The fourth-order valence-electron chi connectivity index (χ4n) is 1.76. The van der Waals surface area contributed by atoms with Gasteiger partial charge in [-0.2, -0.15) is 0 Å². The second-order valence-electron chi connectivity index (χ2n) is 4.28. The van der Waals surface area contributed by atoms with Crippen LogP contribution in [0.25, 0.3) is 0 Å². The number of halogens is 1. The zero-order chi connectivity index (χ0) is 14.6. The van der Waals surface area contributed by atoms with Gasteiger partial charge >= 0.3 is 0 Å². The van der Waals surface area contributed by atoms with Crippen LogP contribution >= 0.6 is 11.3 Å². The van der Waals surface area contributed by atoms with Crippen LogP contribution in [0.4, 0.5) is 4.39 Å². The van der Waals surface area contributed by atoms with E-state index in [-0.39, 0.29) is 29.3 Å². The van der Waals surface area contributed by atoms with E-state index in [1.165, 1.54) is 29.5 Å². The first kappa shape index (κ1) is 14.9. The smallest absolute Gasteiger partial charge is 0.178 e. The van der Waals surface area contributed by atoms with E-state index < -0.39 is 15.7 Å². The fourth-order valence-corrected chi connectivity index (χ4v) is 3.79. The zero-order valence-corrected chi connectivity index (χ0v) is 12.2. The Labute approximate surface area is 121 Å². The summed E-state index contributed by atoms with van der Waals surface area (Å²) in [6, 6.07) is 8.41. The molecule has 0 spiro atoms. The van der Waals surface area contributed by atoms with Crippen LogP contribution in [-0.2, 0) is 9.84 Å². The van der Waals surface area contributed by atoms with Gasteiger partial charge in [-0.1, -0.05) is 12.1 Å². The molecule has 0 aliphatic carbocycles. The summed E-state index contributed by atoms with van der Waals surface area (Å²) in [6.45, 7) is 0. The lowest BCUT2D eigenvalue weighted by Gasteiger charge is -2.04. The number of carbonyl (C=O) groups excluding carboxylic acids is 1. The quantitative estimate of drug-likeness (QED) is 0.769. The minimum absolute atomic E-state index is 0.0407. The number of rotatable bonds is 6. The second-order valence-corrected chi connectivity index (χ2v) is 7.34. The van der Waals surface area contributed by atoms with Gasteiger partial charge in [-0.3, -0.25) is 4.79 Å². The van der Waals surface area contributed by atoms with Crippen LogP contribution < -0.4 is 0 Å². The average molecular weight is 312 g/mol. The third-order valence-corrected chi connectivity index (χ3v) is 5.48. The topological polar surface area (TPSA) is 51.2 Å². The molecule has 20 heavy (non-hydrogen) atoms. The maximum atomic E-state index is 13.0. The van der Waals surface area contributed by atoms with Crippen molar-refractivity contribution < 1.29 is 17.6 Å². The molecule has 3 nitrogen and oxygen atoms in total. The van der Waals surface area contributed by atoms with Gasteiger partial charge in [0.1, 0.15) is 5.82 Å². The predicted molar refractivity (Wildman–Crippen MR) is 76.3 cm³/mol. The molecule has 0 saturated heterocycles. The molecular weight excluding hydrogens is 299 g/mol. The summed E-state index contributed by atoms with van der Waals surface area (Å²) in [7, 11) is -3.54. The largest absolute Gasteiger partial charge is 0.293 e. The number of benzene rings is 1. The number of thiophene rings is 1.